The lowest BCUT2D eigenvalue weighted by Gasteiger charge is -2.23. The third-order valence-electron chi connectivity index (χ3n) is 4.16. The number of hydrogen-bond donors (Lipinski definition) is 2. The van der Waals surface area contributed by atoms with Crippen LogP contribution in [0.5, 0.6) is 5.75 Å². The first-order valence-electron chi connectivity index (χ1n) is 8.47. The first-order chi connectivity index (χ1) is 11.4. The van der Waals surface area contributed by atoms with Crippen LogP contribution in [-0.4, -0.2) is 51.9 Å². The highest BCUT2D eigenvalue weighted by molar-refractivity contribution is 9.10. The van der Waals surface area contributed by atoms with Gasteiger partial charge in [0.25, 0.3) is 5.91 Å². The number of carbonyl (C=O) groups is 1. The fourth-order valence-electron chi connectivity index (χ4n) is 2.57. The van der Waals surface area contributed by atoms with Crippen LogP contribution < -0.4 is 15.0 Å². The van der Waals surface area contributed by atoms with Gasteiger partial charge in [-0.25, -0.2) is 0 Å². The zero-order chi connectivity index (χ0) is 17.6. The van der Waals surface area contributed by atoms with E-state index in [4.69, 9.17) is 9.47 Å². The van der Waals surface area contributed by atoms with Gasteiger partial charge in [0, 0.05) is 0 Å². The second-order valence-electron chi connectivity index (χ2n) is 7.15. The van der Waals surface area contributed by atoms with E-state index in [1.807, 2.05) is 12.1 Å². The molecule has 0 aliphatic carbocycles. The molecule has 134 valence electrons. The summed E-state index contributed by atoms with van der Waals surface area (Å²) >= 11 is 3.52. The van der Waals surface area contributed by atoms with E-state index >= 15 is 0 Å². The van der Waals surface area contributed by atoms with Gasteiger partial charge in [-0.2, -0.15) is 0 Å². The van der Waals surface area contributed by atoms with Crippen LogP contribution in [0.3, 0.4) is 0 Å². The molecule has 1 saturated heterocycles. The summed E-state index contributed by atoms with van der Waals surface area (Å²) in [5.74, 6) is 0.603. The van der Waals surface area contributed by atoms with E-state index in [0.29, 0.717) is 12.3 Å². The molecule has 0 spiro atoms. The highest BCUT2D eigenvalue weighted by Crippen LogP contribution is 2.31. The van der Waals surface area contributed by atoms with Crippen molar-refractivity contribution in [1.82, 2.24) is 5.32 Å². The fourth-order valence-corrected chi connectivity index (χ4v) is 3.06. The predicted molar refractivity (Wildman–Crippen MR) is 97.7 cm³/mol. The number of benzene rings is 1. The largest absolute Gasteiger partial charge is 0.483 e. The van der Waals surface area contributed by atoms with Crippen LogP contribution in [-0.2, 0) is 14.9 Å². The van der Waals surface area contributed by atoms with E-state index in [1.165, 1.54) is 10.5 Å². The van der Waals surface area contributed by atoms with Crippen molar-refractivity contribution < 1.29 is 19.2 Å². The molecule has 0 saturated carbocycles. The Kier molecular flexibility index (Phi) is 7.07. The van der Waals surface area contributed by atoms with E-state index in [0.717, 1.165) is 37.3 Å². The van der Waals surface area contributed by atoms with Crippen LogP contribution >= 0.6 is 15.9 Å². The molecule has 1 aliphatic rings. The summed E-state index contributed by atoms with van der Waals surface area (Å²) < 4.78 is 11.8. The number of quaternary nitrogens is 1. The van der Waals surface area contributed by atoms with Crippen molar-refractivity contribution in [2.45, 2.75) is 26.2 Å². The minimum Gasteiger partial charge on any atom is -0.483 e. The van der Waals surface area contributed by atoms with Gasteiger partial charge in [0.1, 0.15) is 18.8 Å². The molecule has 24 heavy (non-hydrogen) atoms. The number of carbonyl (C=O) groups excluding carboxylic acids is 1. The molecule has 1 aromatic rings. The number of rotatable bonds is 6. The molecule has 6 heteroatoms. The van der Waals surface area contributed by atoms with Crippen molar-refractivity contribution in [3.63, 3.8) is 0 Å². The maximum Gasteiger partial charge on any atom is 0.258 e. The third kappa shape index (κ3) is 6.07. The number of morpholine rings is 1. The lowest BCUT2D eigenvalue weighted by molar-refractivity contribution is -0.906. The quantitative estimate of drug-likeness (QED) is 0.754. The highest BCUT2D eigenvalue weighted by atomic mass is 79.9. The van der Waals surface area contributed by atoms with Crippen LogP contribution in [0, 0.1) is 0 Å². The van der Waals surface area contributed by atoms with Gasteiger partial charge in [-0.1, -0.05) is 26.8 Å². The molecule has 2 N–H and O–H groups in total. The molecule has 1 fully saturated rings. The van der Waals surface area contributed by atoms with Gasteiger partial charge in [-0.3, -0.25) is 4.79 Å². The fraction of sp³-hybridized carbons (Fsp3) is 0.611. The highest BCUT2D eigenvalue weighted by Gasteiger charge is 2.16. The number of nitrogens with one attached hydrogen (secondary N) is 2. The Labute approximate surface area is 152 Å². The summed E-state index contributed by atoms with van der Waals surface area (Å²) in [6.07, 6.45) is 0. The molecular formula is C18H28BrN2O3+. The molecule has 5 nitrogen and oxygen atoms in total. The van der Waals surface area contributed by atoms with Crippen LogP contribution in [0.1, 0.15) is 26.3 Å². The SMILES string of the molecule is CC(C)(C)c1ccc(OCC(=O)NCC[NH+]2CCOCC2)c(Br)c1. The molecule has 1 heterocycles. The molecule has 1 aromatic carbocycles. The summed E-state index contributed by atoms with van der Waals surface area (Å²) in [6.45, 7) is 11.8. The van der Waals surface area contributed by atoms with E-state index in [-0.39, 0.29) is 17.9 Å². The summed E-state index contributed by atoms with van der Waals surface area (Å²) in [4.78, 5) is 13.4. The number of hydrogen-bond acceptors (Lipinski definition) is 3. The van der Waals surface area contributed by atoms with Crippen molar-refractivity contribution >= 4 is 21.8 Å². The molecule has 0 aromatic heterocycles. The van der Waals surface area contributed by atoms with E-state index < -0.39 is 0 Å². The average molecular weight is 400 g/mol. The average Bonchev–Trinajstić information content (AvgIpc) is 2.54. The van der Waals surface area contributed by atoms with E-state index in [2.05, 4.69) is 48.1 Å². The van der Waals surface area contributed by atoms with Gasteiger partial charge < -0.3 is 19.7 Å². The maximum atomic E-state index is 11.9. The minimum atomic E-state index is -0.0885. The van der Waals surface area contributed by atoms with Crippen molar-refractivity contribution in [1.29, 1.82) is 0 Å². The molecule has 0 atom stereocenters. The first kappa shape index (κ1) is 19.2. The summed E-state index contributed by atoms with van der Waals surface area (Å²) in [7, 11) is 0. The summed E-state index contributed by atoms with van der Waals surface area (Å²) in [5.41, 5.74) is 1.31. The molecule has 1 aliphatic heterocycles. The lowest BCUT2D eigenvalue weighted by atomic mass is 9.87. The molecule has 0 radical (unpaired) electrons. The van der Waals surface area contributed by atoms with Crippen molar-refractivity contribution in [3.8, 4) is 5.75 Å². The lowest BCUT2D eigenvalue weighted by Crippen LogP contribution is -3.14. The van der Waals surface area contributed by atoms with Crippen molar-refractivity contribution in [3.05, 3.63) is 28.2 Å². The van der Waals surface area contributed by atoms with Crippen molar-refractivity contribution in [2.75, 3.05) is 46.0 Å². The Morgan fingerprint density at radius 1 is 1.33 bits per heavy atom. The Bertz CT molecular complexity index is 552. The number of ether oxygens (including phenoxy) is 2. The minimum absolute atomic E-state index is 0.0336. The monoisotopic (exact) mass is 399 g/mol. The first-order valence-corrected chi connectivity index (χ1v) is 9.26. The number of amides is 1. The normalized spacial score (nSPS) is 16.0. The van der Waals surface area contributed by atoms with E-state index in [1.54, 1.807) is 0 Å². The topological polar surface area (TPSA) is 52.0 Å². The van der Waals surface area contributed by atoms with Crippen LogP contribution in [0.25, 0.3) is 0 Å². The van der Waals surface area contributed by atoms with Crippen molar-refractivity contribution in [2.24, 2.45) is 0 Å². The van der Waals surface area contributed by atoms with Gasteiger partial charge in [0.15, 0.2) is 6.61 Å². The zero-order valence-electron chi connectivity index (χ0n) is 14.8. The van der Waals surface area contributed by atoms with Gasteiger partial charge in [-0.15, -0.1) is 0 Å². The number of halogens is 1. The molecule has 0 bridgehead atoms. The second-order valence-corrected chi connectivity index (χ2v) is 8.00. The van der Waals surface area contributed by atoms with Gasteiger partial charge in [0.05, 0.1) is 30.8 Å². The van der Waals surface area contributed by atoms with Gasteiger partial charge in [0.2, 0.25) is 0 Å². The Morgan fingerprint density at radius 2 is 2.04 bits per heavy atom. The molecule has 2 rings (SSSR count). The maximum absolute atomic E-state index is 11.9. The van der Waals surface area contributed by atoms with Gasteiger partial charge >= 0.3 is 0 Å². The zero-order valence-corrected chi connectivity index (χ0v) is 16.4. The standard InChI is InChI=1S/C18H27BrN2O3/c1-18(2,3)14-4-5-16(15(19)12-14)24-13-17(22)20-6-7-21-8-10-23-11-9-21/h4-5,12H,6-11,13H2,1-3H3,(H,20,22)/p+1. The Morgan fingerprint density at radius 3 is 2.67 bits per heavy atom. The summed E-state index contributed by atoms with van der Waals surface area (Å²) in [6, 6.07) is 6.00. The molecule has 0 unspecified atom stereocenters. The van der Waals surface area contributed by atoms with Crippen LogP contribution in [0.4, 0.5) is 0 Å². The Hall–Kier alpha value is -1.11. The predicted octanol–water partition coefficient (Wildman–Crippen LogP) is 1.16. The van der Waals surface area contributed by atoms with Gasteiger partial charge in [-0.05, 0) is 39.0 Å². The molecule has 1 amide bonds. The third-order valence-corrected chi connectivity index (χ3v) is 4.78. The second kappa shape index (κ2) is 8.83. The van der Waals surface area contributed by atoms with Crippen LogP contribution in [0.15, 0.2) is 22.7 Å². The van der Waals surface area contributed by atoms with E-state index in [9.17, 15) is 4.79 Å². The smallest absolute Gasteiger partial charge is 0.258 e. The Balaban J connectivity index is 1.73. The summed E-state index contributed by atoms with van der Waals surface area (Å²) in [5, 5.41) is 2.91. The molecular weight excluding hydrogens is 372 g/mol. The van der Waals surface area contributed by atoms with Crippen LogP contribution in [0.2, 0.25) is 0 Å².